The molecule has 1 amide bonds. The van der Waals surface area contributed by atoms with E-state index in [0.29, 0.717) is 17.4 Å². The minimum absolute atomic E-state index is 0.0692. The number of benzene rings is 3. The van der Waals surface area contributed by atoms with Crippen LogP contribution in [-0.4, -0.2) is 33.4 Å². The van der Waals surface area contributed by atoms with Crippen LogP contribution in [0.3, 0.4) is 0 Å². The molecule has 0 spiro atoms. The summed E-state index contributed by atoms with van der Waals surface area (Å²) in [5.74, 6) is 0.469. The Hall–Kier alpha value is -4.66. The van der Waals surface area contributed by atoms with E-state index < -0.39 is 0 Å². The smallest absolute Gasteiger partial charge is 0.310 e. The van der Waals surface area contributed by atoms with E-state index in [4.69, 9.17) is 31.3 Å². The molecule has 3 heterocycles. The zero-order valence-corrected chi connectivity index (χ0v) is 28.5. The number of carbonyl (C=O) groups is 2. The number of aryl methyl sites for hydroxylation is 1. The zero-order chi connectivity index (χ0) is 33.2. The van der Waals surface area contributed by atoms with Crippen LogP contribution in [0.25, 0.3) is 54.1 Å². The summed E-state index contributed by atoms with van der Waals surface area (Å²) in [6.45, 7) is 4.16. The summed E-state index contributed by atoms with van der Waals surface area (Å²) < 4.78 is 6.32. The van der Waals surface area contributed by atoms with Crippen molar-refractivity contribution in [1.82, 2.24) is 15.0 Å². The lowest BCUT2D eigenvalue weighted by Crippen LogP contribution is -2.25. The van der Waals surface area contributed by atoms with Crippen molar-refractivity contribution in [1.29, 1.82) is 0 Å². The molecule has 1 fully saturated rings. The fraction of sp³-hybridized carbons (Fsp3) is 0.256. The average Bonchev–Trinajstić information content (AvgIpc) is 3.53. The van der Waals surface area contributed by atoms with Crippen LogP contribution in [0.2, 0.25) is 5.02 Å². The number of fused-ring (bicyclic) bond motifs is 2. The highest BCUT2D eigenvalue weighted by Crippen LogP contribution is 2.41. The summed E-state index contributed by atoms with van der Waals surface area (Å²) in [6.07, 6.45) is 7.32. The lowest BCUT2D eigenvalue weighted by molar-refractivity contribution is -0.142. The number of hydrogen-bond donors (Lipinski definition) is 1. The van der Waals surface area contributed by atoms with Crippen molar-refractivity contribution in [2.75, 3.05) is 11.9 Å². The molecule has 0 bridgehead atoms. The number of carbonyl (C=O) groups excluding carboxylic acids is 2. The molecule has 1 saturated carbocycles. The molecular formula is C39H35ClN4O3S. The van der Waals surface area contributed by atoms with E-state index in [1.165, 1.54) is 6.42 Å². The Bertz CT molecular complexity index is 2160. The van der Waals surface area contributed by atoms with Gasteiger partial charge in [0.15, 0.2) is 0 Å². The fourth-order valence-electron chi connectivity index (χ4n) is 6.53. The number of thiazole rings is 1. The quantitative estimate of drug-likeness (QED) is 0.162. The van der Waals surface area contributed by atoms with Gasteiger partial charge >= 0.3 is 5.97 Å². The van der Waals surface area contributed by atoms with Crippen molar-refractivity contribution in [3.8, 4) is 33.0 Å². The van der Waals surface area contributed by atoms with Crippen molar-refractivity contribution in [2.45, 2.75) is 52.4 Å². The maximum Gasteiger partial charge on any atom is 0.310 e. The first-order valence-corrected chi connectivity index (χ1v) is 17.6. The van der Waals surface area contributed by atoms with Gasteiger partial charge < -0.3 is 10.1 Å². The van der Waals surface area contributed by atoms with Gasteiger partial charge in [-0.2, -0.15) is 0 Å². The summed E-state index contributed by atoms with van der Waals surface area (Å²) in [5.41, 5.74) is 8.26. The molecule has 3 aromatic carbocycles. The first-order valence-electron chi connectivity index (χ1n) is 16.4. The minimum atomic E-state index is -0.260. The van der Waals surface area contributed by atoms with Crippen molar-refractivity contribution >= 4 is 61.8 Å². The van der Waals surface area contributed by atoms with Crippen molar-refractivity contribution in [3.05, 3.63) is 95.1 Å². The first-order chi connectivity index (χ1) is 23.4. The van der Waals surface area contributed by atoms with Gasteiger partial charge in [0, 0.05) is 39.2 Å². The number of anilines is 1. The molecular weight excluding hydrogens is 640 g/mol. The standard InChI is InChI=1S/C39H35ClN4O3S/c1-3-47-35(45)22-30-23(2)19-33-37(36(30)24-9-13-29(40)14-10-24)48-39(43-33)28-17-18-41-32(21-28)27-11-15-31-26(20-27)12-16-34(42-31)44-38(46)25-7-5-4-6-8-25/h9-21,25H,3-8,22H2,1-2H3,(H,42,44,46). The van der Waals surface area contributed by atoms with Gasteiger partial charge in [-0.3, -0.25) is 14.6 Å². The molecule has 1 aliphatic carbocycles. The van der Waals surface area contributed by atoms with Crippen LogP contribution in [0.5, 0.6) is 0 Å². The van der Waals surface area contributed by atoms with Gasteiger partial charge in [-0.15, -0.1) is 11.3 Å². The van der Waals surface area contributed by atoms with E-state index in [1.807, 2.05) is 74.5 Å². The Balaban J connectivity index is 1.21. The number of ether oxygens (including phenoxy) is 1. The molecule has 0 radical (unpaired) electrons. The molecule has 0 aliphatic heterocycles. The summed E-state index contributed by atoms with van der Waals surface area (Å²) in [4.78, 5) is 39.9. The second-order valence-electron chi connectivity index (χ2n) is 12.3. The Morgan fingerprint density at radius 3 is 2.48 bits per heavy atom. The van der Waals surface area contributed by atoms with E-state index in [-0.39, 0.29) is 24.2 Å². The number of nitrogens with zero attached hydrogens (tertiary/aromatic N) is 3. The number of nitrogens with one attached hydrogen (secondary N) is 1. The summed E-state index contributed by atoms with van der Waals surface area (Å²) in [6, 6.07) is 23.7. The second-order valence-corrected chi connectivity index (χ2v) is 13.7. The topological polar surface area (TPSA) is 94.1 Å². The van der Waals surface area contributed by atoms with Crippen LogP contribution in [-0.2, 0) is 20.7 Å². The van der Waals surface area contributed by atoms with Gasteiger partial charge in [0.05, 0.1) is 34.5 Å². The molecule has 242 valence electrons. The highest BCUT2D eigenvalue weighted by atomic mass is 35.5. The maximum atomic E-state index is 12.8. The third kappa shape index (κ3) is 6.68. The fourth-order valence-corrected chi connectivity index (χ4v) is 7.79. The zero-order valence-electron chi connectivity index (χ0n) is 26.9. The third-order valence-electron chi connectivity index (χ3n) is 8.99. The van der Waals surface area contributed by atoms with Gasteiger partial charge in [0.25, 0.3) is 0 Å². The van der Waals surface area contributed by atoms with Gasteiger partial charge in [0.1, 0.15) is 10.8 Å². The molecule has 9 heteroatoms. The Labute approximate surface area is 288 Å². The number of halogens is 1. The molecule has 1 N–H and O–H groups in total. The van der Waals surface area contributed by atoms with Gasteiger partial charge in [-0.05, 0) is 98.0 Å². The Morgan fingerprint density at radius 2 is 1.69 bits per heavy atom. The van der Waals surface area contributed by atoms with Crippen molar-refractivity contribution in [2.24, 2.45) is 5.92 Å². The second kappa shape index (κ2) is 13.8. The largest absolute Gasteiger partial charge is 0.466 e. The predicted octanol–water partition coefficient (Wildman–Crippen LogP) is 9.83. The molecule has 1 aliphatic rings. The maximum absolute atomic E-state index is 12.8. The van der Waals surface area contributed by atoms with Crippen LogP contribution in [0.4, 0.5) is 5.82 Å². The summed E-state index contributed by atoms with van der Waals surface area (Å²) in [5, 5.41) is 5.50. The van der Waals surface area contributed by atoms with E-state index >= 15 is 0 Å². The van der Waals surface area contributed by atoms with Crippen LogP contribution in [0, 0.1) is 12.8 Å². The van der Waals surface area contributed by atoms with Crippen LogP contribution >= 0.6 is 22.9 Å². The molecule has 0 atom stereocenters. The lowest BCUT2D eigenvalue weighted by atomic mass is 9.89. The van der Waals surface area contributed by atoms with E-state index in [2.05, 4.69) is 17.4 Å². The molecule has 7 rings (SSSR count). The first kappa shape index (κ1) is 31.9. The van der Waals surface area contributed by atoms with Crippen LogP contribution in [0.15, 0.2) is 79.0 Å². The Morgan fingerprint density at radius 1 is 0.896 bits per heavy atom. The highest BCUT2D eigenvalue weighted by molar-refractivity contribution is 7.22. The SMILES string of the molecule is CCOC(=O)Cc1c(C)cc2nc(-c3ccnc(-c4ccc5nc(NC(=O)C6CCCCC6)ccc5c4)c3)sc2c1-c1ccc(Cl)cc1. The van der Waals surface area contributed by atoms with Crippen LogP contribution < -0.4 is 5.32 Å². The van der Waals surface area contributed by atoms with Gasteiger partial charge in [0.2, 0.25) is 5.91 Å². The van der Waals surface area contributed by atoms with E-state index in [9.17, 15) is 9.59 Å². The van der Waals surface area contributed by atoms with Gasteiger partial charge in [-0.25, -0.2) is 9.97 Å². The normalized spacial score (nSPS) is 13.6. The van der Waals surface area contributed by atoms with Crippen molar-refractivity contribution < 1.29 is 14.3 Å². The molecule has 6 aromatic rings. The van der Waals surface area contributed by atoms with Crippen molar-refractivity contribution in [3.63, 3.8) is 0 Å². The summed E-state index contributed by atoms with van der Waals surface area (Å²) >= 11 is 7.83. The number of aromatic nitrogens is 3. The van der Waals surface area contributed by atoms with Crippen LogP contribution in [0.1, 0.15) is 50.2 Å². The summed E-state index contributed by atoms with van der Waals surface area (Å²) in [7, 11) is 0. The predicted molar refractivity (Wildman–Crippen MR) is 194 cm³/mol. The lowest BCUT2D eigenvalue weighted by Gasteiger charge is -2.20. The third-order valence-corrected chi connectivity index (χ3v) is 10.4. The number of amides is 1. The molecule has 0 saturated heterocycles. The number of esters is 1. The molecule has 0 unspecified atom stereocenters. The van der Waals surface area contributed by atoms with E-state index in [0.717, 1.165) is 90.9 Å². The van der Waals surface area contributed by atoms with E-state index in [1.54, 1.807) is 17.5 Å². The number of hydrogen-bond acceptors (Lipinski definition) is 7. The average molecular weight is 675 g/mol. The Kier molecular flexibility index (Phi) is 9.19. The highest BCUT2D eigenvalue weighted by Gasteiger charge is 2.22. The molecule has 3 aromatic heterocycles. The molecule has 7 nitrogen and oxygen atoms in total. The number of pyridine rings is 2. The van der Waals surface area contributed by atoms with Gasteiger partial charge in [-0.1, -0.05) is 49.1 Å². The molecule has 48 heavy (non-hydrogen) atoms. The minimum Gasteiger partial charge on any atom is -0.466 e. The monoisotopic (exact) mass is 674 g/mol. The number of rotatable bonds is 8.